The van der Waals surface area contributed by atoms with Crippen LogP contribution in [0.5, 0.6) is 0 Å². The number of hydrogen-bond donors (Lipinski definition) is 1. The summed E-state index contributed by atoms with van der Waals surface area (Å²) in [4.78, 5) is 4.43. The number of hydrogen-bond acceptors (Lipinski definition) is 4. The summed E-state index contributed by atoms with van der Waals surface area (Å²) in [5, 5.41) is 7.91. The third-order valence-corrected chi connectivity index (χ3v) is 3.34. The second-order valence-electron chi connectivity index (χ2n) is 4.94. The zero-order valence-corrected chi connectivity index (χ0v) is 10.8. The zero-order chi connectivity index (χ0) is 12.5. The molecule has 1 saturated heterocycles. The number of anilines is 1. The molecule has 0 amide bonds. The number of ether oxygens (including phenoxy) is 1. The molecule has 1 aliphatic rings. The lowest BCUT2D eigenvalue weighted by atomic mass is 10.0. The van der Waals surface area contributed by atoms with E-state index < -0.39 is 0 Å². The second kappa shape index (κ2) is 4.57. The van der Waals surface area contributed by atoms with Crippen molar-refractivity contribution in [1.29, 1.82) is 0 Å². The molecule has 18 heavy (non-hydrogen) atoms. The standard InChI is InChI=1S/C13H18N4O/c1-9-7-12-13(14-4-5-17(12)16-9)15-11-3-6-18-10(2)8-11/h4-5,7,10-11H,3,6,8H2,1-2H3,(H,14,15). The summed E-state index contributed by atoms with van der Waals surface area (Å²) in [6, 6.07) is 2.49. The van der Waals surface area contributed by atoms with Crippen LogP contribution < -0.4 is 5.32 Å². The highest BCUT2D eigenvalue weighted by Gasteiger charge is 2.20. The minimum atomic E-state index is 0.322. The zero-order valence-electron chi connectivity index (χ0n) is 10.8. The SMILES string of the molecule is Cc1cc2c(NC3CCOC(C)C3)nccn2n1. The van der Waals surface area contributed by atoms with Gasteiger partial charge in [0.2, 0.25) is 0 Å². The van der Waals surface area contributed by atoms with Crippen molar-refractivity contribution in [2.45, 2.75) is 38.8 Å². The largest absolute Gasteiger partial charge is 0.378 e. The van der Waals surface area contributed by atoms with E-state index in [1.165, 1.54) is 0 Å². The third kappa shape index (κ3) is 2.18. The Hall–Kier alpha value is -1.62. The highest BCUT2D eigenvalue weighted by Crippen LogP contribution is 2.20. The monoisotopic (exact) mass is 246 g/mol. The summed E-state index contributed by atoms with van der Waals surface area (Å²) in [6.45, 7) is 4.93. The minimum Gasteiger partial charge on any atom is -0.378 e. The van der Waals surface area contributed by atoms with Gasteiger partial charge < -0.3 is 10.1 Å². The number of fused-ring (bicyclic) bond motifs is 1. The lowest BCUT2D eigenvalue weighted by Gasteiger charge is -2.28. The summed E-state index contributed by atoms with van der Waals surface area (Å²) in [5.41, 5.74) is 2.04. The van der Waals surface area contributed by atoms with Gasteiger partial charge in [-0.15, -0.1) is 0 Å². The van der Waals surface area contributed by atoms with Crippen LogP contribution in [0.15, 0.2) is 18.5 Å². The fourth-order valence-electron chi connectivity index (χ4n) is 2.48. The highest BCUT2D eigenvalue weighted by molar-refractivity contribution is 5.68. The Bertz CT molecular complexity index is 551. The van der Waals surface area contributed by atoms with Gasteiger partial charge in [-0.25, -0.2) is 9.50 Å². The van der Waals surface area contributed by atoms with E-state index in [9.17, 15) is 0 Å². The van der Waals surface area contributed by atoms with E-state index >= 15 is 0 Å². The minimum absolute atomic E-state index is 0.322. The molecule has 1 aliphatic heterocycles. The van der Waals surface area contributed by atoms with Gasteiger partial charge in [0.05, 0.1) is 11.8 Å². The van der Waals surface area contributed by atoms with Gasteiger partial charge in [0.25, 0.3) is 0 Å². The lowest BCUT2D eigenvalue weighted by Crippen LogP contribution is -2.32. The molecule has 5 nitrogen and oxygen atoms in total. The summed E-state index contributed by atoms with van der Waals surface area (Å²) < 4.78 is 7.43. The number of aromatic nitrogens is 3. The molecule has 2 unspecified atom stereocenters. The van der Waals surface area contributed by atoms with Crippen LogP contribution in [0.3, 0.4) is 0 Å². The van der Waals surface area contributed by atoms with Crippen LogP contribution >= 0.6 is 0 Å². The first-order valence-electron chi connectivity index (χ1n) is 6.41. The van der Waals surface area contributed by atoms with E-state index in [0.717, 1.165) is 36.5 Å². The first-order valence-corrected chi connectivity index (χ1v) is 6.41. The predicted octanol–water partition coefficient (Wildman–Crippen LogP) is 2.02. The van der Waals surface area contributed by atoms with Crippen molar-refractivity contribution in [2.24, 2.45) is 0 Å². The Balaban J connectivity index is 1.85. The van der Waals surface area contributed by atoms with Crippen molar-refractivity contribution in [1.82, 2.24) is 14.6 Å². The summed E-state index contributed by atoms with van der Waals surface area (Å²) in [6.07, 6.45) is 6.03. The molecular weight excluding hydrogens is 228 g/mol. The number of rotatable bonds is 2. The van der Waals surface area contributed by atoms with Gasteiger partial charge in [0.15, 0.2) is 5.82 Å². The van der Waals surface area contributed by atoms with E-state index in [1.807, 2.05) is 17.6 Å². The maximum Gasteiger partial charge on any atom is 0.152 e. The van der Waals surface area contributed by atoms with Gasteiger partial charge in [-0.05, 0) is 32.8 Å². The summed E-state index contributed by atoms with van der Waals surface area (Å²) in [7, 11) is 0. The van der Waals surface area contributed by atoms with E-state index in [1.54, 1.807) is 6.20 Å². The molecule has 1 N–H and O–H groups in total. The van der Waals surface area contributed by atoms with E-state index in [4.69, 9.17) is 4.74 Å². The quantitative estimate of drug-likeness (QED) is 0.880. The first kappa shape index (κ1) is 11.5. The molecule has 1 fully saturated rings. The van der Waals surface area contributed by atoms with Crippen LogP contribution in [0, 0.1) is 6.92 Å². The number of aryl methyl sites for hydroxylation is 1. The van der Waals surface area contributed by atoms with Gasteiger partial charge in [-0.3, -0.25) is 0 Å². The van der Waals surface area contributed by atoms with Crippen LogP contribution in [0.4, 0.5) is 5.82 Å². The molecular formula is C13H18N4O. The fraction of sp³-hybridized carbons (Fsp3) is 0.538. The Morgan fingerprint density at radius 1 is 1.50 bits per heavy atom. The fourth-order valence-corrected chi connectivity index (χ4v) is 2.48. The van der Waals surface area contributed by atoms with Crippen LogP contribution in [0.1, 0.15) is 25.5 Å². The molecule has 0 saturated carbocycles. The van der Waals surface area contributed by atoms with E-state index in [0.29, 0.717) is 12.1 Å². The molecule has 0 aromatic carbocycles. The molecule has 3 rings (SSSR count). The van der Waals surface area contributed by atoms with Gasteiger partial charge in [0.1, 0.15) is 5.52 Å². The van der Waals surface area contributed by atoms with Crippen molar-refractivity contribution < 1.29 is 4.74 Å². The maximum atomic E-state index is 5.56. The molecule has 0 spiro atoms. The molecule has 0 radical (unpaired) electrons. The average molecular weight is 246 g/mol. The Morgan fingerprint density at radius 2 is 2.39 bits per heavy atom. The molecule has 2 aromatic rings. The first-order chi connectivity index (χ1) is 8.72. The topological polar surface area (TPSA) is 51.5 Å². The van der Waals surface area contributed by atoms with Crippen LogP contribution in [0.25, 0.3) is 5.52 Å². The second-order valence-corrected chi connectivity index (χ2v) is 4.94. The lowest BCUT2D eigenvalue weighted by molar-refractivity contribution is 0.0232. The average Bonchev–Trinajstić information content (AvgIpc) is 2.71. The van der Waals surface area contributed by atoms with Crippen molar-refractivity contribution in [3.63, 3.8) is 0 Å². The van der Waals surface area contributed by atoms with Crippen molar-refractivity contribution in [2.75, 3.05) is 11.9 Å². The molecule has 3 heterocycles. The summed E-state index contributed by atoms with van der Waals surface area (Å²) >= 11 is 0. The maximum absolute atomic E-state index is 5.56. The third-order valence-electron chi connectivity index (χ3n) is 3.34. The molecule has 0 aliphatic carbocycles. The summed E-state index contributed by atoms with van der Waals surface area (Å²) in [5.74, 6) is 0.914. The molecule has 5 heteroatoms. The smallest absolute Gasteiger partial charge is 0.152 e. The van der Waals surface area contributed by atoms with Crippen molar-refractivity contribution in [3.8, 4) is 0 Å². The molecule has 2 atom stereocenters. The normalized spacial score (nSPS) is 24.3. The molecule has 0 bridgehead atoms. The van der Waals surface area contributed by atoms with Crippen LogP contribution in [0.2, 0.25) is 0 Å². The van der Waals surface area contributed by atoms with Gasteiger partial charge in [0, 0.05) is 25.0 Å². The number of nitrogens with zero attached hydrogens (tertiary/aromatic N) is 3. The van der Waals surface area contributed by atoms with Gasteiger partial charge >= 0.3 is 0 Å². The van der Waals surface area contributed by atoms with E-state index in [2.05, 4.69) is 28.4 Å². The molecule has 2 aromatic heterocycles. The van der Waals surface area contributed by atoms with Crippen molar-refractivity contribution in [3.05, 3.63) is 24.2 Å². The van der Waals surface area contributed by atoms with Crippen LogP contribution in [-0.4, -0.2) is 33.4 Å². The Kier molecular flexibility index (Phi) is 2.91. The van der Waals surface area contributed by atoms with Gasteiger partial charge in [-0.2, -0.15) is 5.10 Å². The van der Waals surface area contributed by atoms with E-state index in [-0.39, 0.29) is 0 Å². The van der Waals surface area contributed by atoms with Crippen LogP contribution in [-0.2, 0) is 4.74 Å². The Morgan fingerprint density at radius 3 is 3.22 bits per heavy atom. The predicted molar refractivity (Wildman–Crippen MR) is 69.8 cm³/mol. The molecule has 96 valence electrons. The van der Waals surface area contributed by atoms with Crippen molar-refractivity contribution >= 4 is 11.3 Å². The highest BCUT2D eigenvalue weighted by atomic mass is 16.5. The number of nitrogens with one attached hydrogen (secondary N) is 1. The Labute approximate surface area is 106 Å². The van der Waals surface area contributed by atoms with Gasteiger partial charge in [-0.1, -0.05) is 0 Å².